The zero-order valence-electron chi connectivity index (χ0n) is 46.2. The Kier molecular flexibility index (Phi) is 11.6. The van der Waals surface area contributed by atoms with E-state index in [2.05, 4.69) is 193 Å². The fourth-order valence-corrected chi connectivity index (χ4v) is 13.8. The maximum atomic E-state index is 5.32. The van der Waals surface area contributed by atoms with Crippen LogP contribution in [0.3, 0.4) is 0 Å². The van der Waals surface area contributed by atoms with Crippen molar-refractivity contribution in [1.29, 1.82) is 0 Å². The second-order valence-corrected chi connectivity index (χ2v) is 22.8. The molecule has 0 spiro atoms. The summed E-state index contributed by atoms with van der Waals surface area (Å²) < 4.78 is 4.71. The third kappa shape index (κ3) is 8.41. The van der Waals surface area contributed by atoms with Crippen LogP contribution in [0.5, 0.6) is 0 Å². The number of thiophene rings is 1. The van der Waals surface area contributed by atoms with Gasteiger partial charge in [0.2, 0.25) is 5.95 Å². The zero-order chi connectivity index (χ0) is 56.7. The van der Waals surface area contributed by atoms with Gasteiger partial charge in [0.15, 0.2) is 29.1 Å². The summed E-state index contributed by atoms with van der Waals surface area (Å²) in [6.07, 6.45) is 0. The Morgan fingerprint density at radius 1 is 0.221 bits per heavy atom. The molecule has 0 aliphatic heterocycles. The molecule has 0 N–H and O–H groups in total. The van der Waals surface area contributed by atoms with Gasteiger partial charge in [-0.3, -0.25) is 4.57 Å². The predicted molar refractivity (Wildman–Crippen MR) is 356 cm³/mol. The summed E-state index contributed by atoms with van der Waals surface area (Å²) in [6, 6.07) is 101. The Morgan fingerprint density at radius 3 is 1.10 bits per heavy atom. The summed E-state index contributed by atoms with van der Waals surface area (Å²) in [6.45, 7) is 0. The molecule has 0 aliphatic rings. The van der Waals surface area contributed by atoms with Crippen LogP contribution in [0.1, 0.15) is 0 Å². The van der Waals surface area contributed by atoms with Gasteiger partial charge in [-0.25, -0.2) is 19.9 Å². The minimum Gasteiger partial charge on any atom is -0.276 e. The average molecular weight is 1110 g/mol. The molecule has 0 bridgehead atoms. The van der Waals surface area contributed by atoms with Crippen LogP contribution in [-0.2, 0) is 0 Å². The van der Waals surface area contributed by atoms with Crippen LogP contribution in [0.2, 0.25) is 0 Å². The van der Waals surface area contributed by atoms with E-state index in [0.29, 0.717) is 35.1 Å². The summed E-state index contributed by atoms with van der Waals surface area (Å²) in [7, 11) is 0. The highest BCUT2D eigenvalue weighted by atomic mass is 32.1. The molecule has 4 aromatic heterocycles. The largest absolute Gasteiger partial charge is 0.276 e. The smallest absolute Gasteiger partial charge is 0.238 e. The van der Waals surface area contributed by atoms with Crippen LogP contribution >= 0.6 is 11.3 Å². The molecule has 0 saturated heterocycles. The van der Waals surface area contributed by atoms with E-state index in [1.165, 1.54) is 52.5 Å². The first-order valence-corrected chi connectivity index (χ1v) is 29.6. The molecule has 0 fully saturated rings. The van der Waals surface area contributed by atoms with E-state index in [0.717, 1.165) is 83.0 Å². The van der Waals surface area contributed by atoms with E-state index in [1.807, 2.05) is 108 Å². The Morgan fingerprint density at radius 2 is 0.570 bits per heavy atom. The third-order valence-electron chi connectivity index (χ3n) is 16.7. The molecule has 4 heterocycles. The molecule has 0 atom stereocenters. The van der Waals surface area contributed by atoms with Gasteiger partial charge in [0.05, 0.1) is 15.7 Å². The van der Waals surface area contributed by atoms with E-state index >= 15 is 0 Å². The number of rotatable bonds is 9. The molecule has 0 amide bonds. The third-order valence-corrected chi connectivity index (χ3v) is 17.9. The molecule has 400 valence electrons. The summed E-state index contributed by atoms with van der Waals surface area (Å²) in [5, 5.41) is 12.0. The van der Waals surface area contributed by atoms with Crippen molar-refractivity contribution in [2.24, 2.45) is 0 Å². The van der Waals surface area contributed by atoms with Gasteiger partial charge in [-0.1, -0.05) is 243 Å². The van der Waals surface area contributed by atoms with E-state index in [1.54, 1.807) is 0 Å². The number of hydrogen-bond donors (Lipinski definition) is 0. The van der Waals surface area contributed by atoms with Gasteiger partial charge in [-0.15, -0.1) is 11.3 Å². The standard InChI is InChI=1S/C78H47N7S/c1-5-19-48(20-6-1)73-79-74(49-21-7-2-8-22-49)81-77(80-73)58-30-18-29-54(44-58)52-27-17-28-53(43-52)55-35-38-61-59-31-13-14-32-60(59)66-46-56(36-39-62(66)67(61)45-55)57-37-42-69-68(47-57)64-40-41-65-63-33-15-16-34-70(63)86-72(65)71(64)85(69)78-83-75(50-23-9-3-10-24-50)82-76(84-78)51-25-11-4-12-26-51/h1-47H. The fourth-order valence-electron chi connectivity index (χ4n) is 12.5. The van der Waals surface area contributed by atoms with Crippen LogP contribution in [0.15, 0.2) is 285 Å². The Balaban J connectivity index is 0.784. The van der Waals surface area contributed by atoms with Crippen molar-refractivity contribution >= 4 is 85.6 Å². The van der Waals surface area contributed by atoms with Crippen molar-refractivity contribution in [2.75, 3.05) is 0 Å². The normalized spacial score (nSPS) is 11.7. The highest BCUT2D eigenvalue weighted by molar-refractivity contribution is 7.26. The maximum Gasteiger partial charge on any atom is 0.238 e. The number of fused-ring (bicyclic) bond motifs is 13. The molecular weight excluding hydrogens is 1070 g/mol. The van der Waals surface area contributed by atoms with Gasteiger partial charge in [0.25, 0.3) is 0 Å². The van der Waals surface area contributed by atoms with Gasteiger partial charge in [-0.2, -0.15) is 9.97 Å². The summed E-state index contributed by atoms with van der Waals surface area (Å²) in [5.41, 5.74) is 13.5. The van der Waals surface area contributed by atoms with Gasteiger partial charge >= 0.3 is 0 Å². The van der Waals surface area contributed by atoms with Crippen LogP contribution < -0.4 is 0 Å². The fraction of sp³-hybridized carbons (Fsp3) is 0. The van der Waals surface area contributed by atoms with Crippen LogP contribution in [0.25, 0.3) is 171 Å². The SMILES string of the molecule is c1ccc(-c2nc(-c3ccccc3)nc(-c3cccc(-c4cccc(-c5ccc6c7ccccc7c7cc(-c8ccc9c(c8)c8ccc%10c%11ccccc%11sc%10c8n9-c8nc(-c9ccccc9)nc(-c9ccccc9)n8)ccc7c6c5)c4)c3)n2)cc1. The van der Waals surface area contributed by atoms with Crippen molar-refractivity contribution < 1.29 is 0 Å². The minimum atomic E-state index is 0.575. The van der Waals surface area contributed by atoms with Gasteiger partial charge < -0.3 is 0 Å². The molecule has 17 aromatic rings. The van der Waals surface area contributed by atoms with Crippen molar-refractivity contribution in [1.82, 2.24) is 34.5 Å². The molecule has 13 aromatic carbocycles. The first kappa shape index (κ1) is 49.3. The molecule has 0 radical (unpaired) electrons. The number of nitrogens with zero attached hydrogens (tertiary/aromatic N) is 7. The van der Waals surface area contributed by atoms with Crippen molar-refractivity contribution in [3.8, 4) is 96.3 Å². The monoisotopic (exact) mass is 1110 g/mol. The van der Waals surface area contributed by atoms with Gasteiger partial charge in [-0.05, 0) is 108 Å². The molecule has 8 heteroatoms. The second kappa shape index (κ2) is 20.2. The van der Waals surface area contributed by atoms with Gasteiger partial charge in [0.1, 0.15) is 0 Å². The summed E-state index contributed by atoms with van der Waals surface area (Å²) in [4.78, 5) is 30.7. The highest BCUT2D eigenvalue weighted by Gasteiger charge is 2.23. The molecule has 17 rings (SSSR count). The van der Waals surface area contributed by atoms with Crippen LogP contribution in [0, 0.1) is 0 Å². The van der Waals surface area contributed by atoms with E-state index in [4.69, 9.17) is 29.9 Å². The lowest BCUT2D eigenvalue weighted by atomic mass is 9.90. The first-order valence-electron chi connectivity index (χ1n) is 28.8. The zero-order valence-corrected chi connectivity index (χ0v) is 47.0. The summed E-state index contributed by atoms with van der Waals surface area (Å²) in [5.74, 6) is 3.72. The lowest BCUT2D eigenvalue weighted by Crippen LogP contribution is -2.06. The summed E-state index contributed by atoms with van der Waals surface area (Å²) >= 11 is 1.82. The van der Waals surface area contributed by atoms with Crippen LogP contribution in [-0.4, -0.2) is 34.5 Å². The molecule has 7 nitrogen and oxygen atoms in total. The molecule has 0 saturated carbocycles. The number of aromatic nitrogens is 7. The minimum absolute atomic E-state index is 0.575. The second-order valence-electron chi connectivity index (χ2n) is 21.8. The first-order chi connectivity index (χ1) is 42.6. The van der Waals surface area contributed by atoms with Crippen molar-refractivity contribution in [2.45, 2.75) is 0 Å². The quantitative estimate of drug-likeness (QED) is 0.134. The topological polar surface area (TPSA) is 82.3 Å². The lowest BCUT2D eigenvalue weighted by Gasteiger charge is -2.14. The lowest BCUT2D eigenvalue weighted by molar-refractivity contribution is 0.955. The predicted octanol–water partition coefficient (Wildman–Crippen LogP) is 20.3. The Hall–Kier alpha value is -11.3. The average Bonchev–Trinajstić information content (AvgIpc) is 3.13. The van der Waals surface area contributed by atoms with Crippen molar-refractivity contribution in [3.05, 3.63) is 285 Å². The molecular formula is C78H47N7S. The maximum absolute atomic E-state index is 5.32. The van der Waals surface area contributed by atoms with E-state index < -0.39 is 0 Å². The molecule has 0 unspecified atom stereocenters. The molecule has 86 heavy (non-hydrogen) atoms. The number of hydrogen-bond acceptors (Lipinski definition) is 7. The Labute approximate surface area is 498 Å². The molecule has 0 aliphatic carbocycles. The Bertz CT molecular complexity index is 5410. The van der Waals surface area contributed by atoms with Crippen molar-refractivity contribution in [3.63, 3.8) is 0 Å². The number of benzene rings is 13. The van der Waals surface area contributed by atoms with E-state index in [-0.39, 0.29) is 0 Å². The van der Waals surface area contributed by atoms with Gasteiger partial charge in [0, 0.05) is 54.1 Å². The highest BCUT2D eigenvalue weighted by Crippen LogP contribution is 2.45. The van der Waals surface area contributed by atoms with E-state index in [9.17, 15) is 0 Å². The van der Waals surface area contributed by atoms with Crippen LogP contribution in [0.4, 0.5) is 0 Å².